The van der Waals surface area contributed by atoms with Crippen LogP contribution < -0.4 is 10.6 Å². The fraction of sp³-hybridized carbons (Fsp3) is 0.667. The summed E-state index contributed by atoms with van der Waals surface area (Å²) in [6.07, 6.45) is 3.51. The Hall–Kier alpha value is -1.36. The van der Waals surface area contributed by atoms with E-state index in [4.69, 9.17) is 0 Å². The molecule has 1 amide bonds. The largest absolute Gasteiger partial charge is 0.352 e. The number of amides is 1. The normalized spacial score (nSPS) is 15.6. The van der Waals surface area contributed by atoms with Crippen molar-refractivity contribution in [3.63, 3.8) is 0 Å². The highest BCUT2D eigenvalue weighted by molar-refractivity contribution is 5.76. The van der Waals surface area contributed by atoms with E-state index in [0.717, 1.165) is 30.8 Å². The van der Waals surface area contributed by atoms with Gasteiger partial charge in [-0.25, -0.2) is 0 Å². The number of carbonyl (C=O) groups is 1. The first kappa shape index (κ1) is 12.1. The van der Waals surface area contributed by atoms with Crippen LogP contribution in [0.1, 0.15) is 24.6 Å². The van der Waals surface area contributed by atoms with Gasteiger partial charge in [-0.1, -0.05) is 6.92 Å². The van der Waals surface area contributed by atoms with Gasteiger partial charge < -0.3 is 10.6 Å². The maximum Gasteiger partial charge on any atom is 0.220 e. The first-order chi connectivity index (χ1) is 8.19. The number of aromatic nitrogens is 2. The van der Waals surface area contributed by atoms with Crippen molar-refractivity contribution in [1.29, 1.82) is 0 Å². The SMILES string of the molecule is CCc1nn(C)cc1CNC(=O)CC1CNC1. The van der Waals surface area contributed by atoms with Gasteiger partial charge in [0.2, 0.25) is 5.91 Å². The van der Waals surface area contributed by atoms with Crippen molar-refractivity contribution in [2.24, 2.45) is 13.0 Å². The van der Waals surface area contributed by atoms with Crippen molar-refractivity contribution < 1.29 is 4.79 Å². The molecule has 5 heteroatoms. The van der Waals surface area contributed by atoms with Crippen LogP contribution in [-0.2, 0) is 24.8 Å². The van der Waals surface area contributed by atoms with E-state index in [-0.39, 0.29) is 5.91 Å². The molecule has 0 aliphatic carbocycles. The number of hydrogen-bond acceptors (Lipinski definition) is 3. The van der Waals surface area contributed by atoms with Crippen LogP contribution in [0.3, 0.4) is 0 Å². The van der Waals surface area contributed by atoms with Crippen LogP contribution in [0.5, 0.6) is 0 Å². The molecule has 0 atom stereocenters. The number of hydrogen-bond donors (Lipinski definition) is 2. The Morgan fingerprint density at radius 3 is 3.00 bits per heavy atom. The van der Waals surface area contributed by atoms with Crippen LogP contribution in [0.25, 0.3) is 0 Å². The molecule has 17 heavy (non-hydrogen) atoms. The lowest BCUT2D eigenvalue weighted by Crippen LogP contribution is -2.44. The monoisotopic (exact) mass is 236 g/mol. The first-order valence-corrected chi connectivity index (χ1v) is 6.17. The maximum absolute atomic E-state index is 11.7. The average Bonchev–Trinajstić information content (AvgIpc) is 2.61. The summed E-state index contributed by atoms with van der Waals surface area (Å²) in [7, 11) is 1.91. The molecule has 1 saturated heterocycles. The van der Waals surface area contributed by atoms with E-state index in [2.05, 4.69) is 22.7 Å². The Morgan fingerprint density at radius 2 is 2.41 bits per heavy atom. The Labute approximate surface area is 102 Å². The van der Waals surface area contributed by atoms with Crippen LogP contribution in [0, 0.1) is 5.92 Å². The van der Waals surface area contributed by atoms with Crippen molar-refractivity contribution in [2.45, 2.75) is 26.3 Å². The van der Waals surface area contributed by atoms with Gasteiger partial charge in [0.25, 0.3) is 0 Å². The van der Waals surface area contributed by atoms with Gasteiger partial charge in [0, 0.05) is 31.8 Å². The summed E-state index contributed by atoms with van der Waals surface area (Å²) in [4.78, 5) is 11.7. The van der Waals surface area contributed by atoms with Crippen molar-refractivity contribution >= 4 is 5.91 Å². The number of aryl methyl sites for hydroxylation is 2. The standard InChI is InChI=1S/C12H20N4O/c1-3-11-10(8-16(2)15-11)7-14-12(17)4-9-5-13-6-9/h8-9,13H,3-7H2,1-2H3,(H,14,17). The van der Waals surface area contributed by atoms with E-state index >= 15 is 0 Å². The Bertz CT molecular complexity index is 395. The highest BCUT2D eigenvalue weighted by Crippen LogP contribution is 2.09. The third-order valence-corrected chi connectivity index (χ3v) is 3.14. The molecule has 0 saturated carbocycles. The highest BCUT2D eigenvalue weighted by atomic mass is 16.1. The third-order valence-electron chi connectivity index (χ3n) is 3.14. The van der Waals surface area contributed by atoms with Gasteiger partial charge >= 0.3 is 0 Å². The zero-order valence-electron chi connectivity index (χ0n) is 10.5. The minimum Gasteiger partial charge on any atom is -0.352 e. The molecule has 1 aromatic heterocycles. The van der Waals surface area contributed by atoms with Gasteiger partial charge in [-0.2, -0.15) is 5.10 Å². The highest BCUT2D eigenvalue weighted by Gasteiger charge is 2.20. The molecule has 5 nitrogen and oxygen atoms in total. The second-order valence-corrected chi connectivity index (χ2v) is 4.63. The van der Waals surface area contributed by atoms with Crippen molar-refractivity contribution in [3.05, 3.63) is 17.5 Å². The first-order valence-electron chi connectivity index (χ1n) is 6.17. The molecular weight excluding hydrogens is 216 g/mol. The number of carbonyl (C=O) groups excluding carboxylic acids is 1. The van der Waals surface area contributed by atoms with Crippen molar-refractivity contribution in [3.8, 4) is 0 Å². The quantitative estimate of drug-likeness (QED) is 0.768. The van der Waals surface area contributed by atoms with E-state index in [9.17, 15) is 4.79 Å². The maximum atomic E-state index is 11.7. The zero-order chi connectivity index (χ0) is 12.3. The zero-order valence-corrected chi connectivity index (χ0v) is 10.5. The molecule has 1 aliphatic rings. The fourth-order valence-corrected chi connectivity index (χ4v) is 2.05. The molecule has 2 heterocycles. The minimum absolute atomic E-state index is 0.141. The second kappa shape index (κ2) is 5.31. The molecule has 2 rings (SSSR count). The van der Waals surface area contributed by atoms with Crippen molar-refractivity contribution in [1.82, 2.24) is 20.4 Å². The molecule has 1 aliphatic heterocycles. The molecule has 1 aromatic rings. The van der Waals surface area contributed by atoms with Crippen molar-refractivity contribution in [2.75, 3.05) is 13.1 Å². The summed E-state index contributed by atoms with van der Waals surface area (Å²) in [6, 6.07) is 0. The van der Waals surface area contributed by atoms with Gasteiger partial charge in [-0.05, 0) is 25.4 Å². The van der Waals surface area contributed by atoms with Crippen LogP contribution >= 0.6 is 0 Å². The smallest absolute Gasteiger partial charge is 0.220 e. The van der Waals surface area contributed by atoms with Gasteiger partial charge in [0.15, 0.2) is 0 Å². The Kier molecular flexibility index (Phi) is 3.78. The third kappa shape index (κ3) is 3.06. The lowest BCUT2D eigenvalue weighted by atomic mass is 9.99. The number of rotatable bonds is 5. The Morgan fingerprint density at radius 1 is 1.65 bits per heavy atom. The summed E-state index contributed by atoms with van der Waals surface area (Å²) in [6.45, 7) is 4.62. The van der Waals surface area contributed by atoms with Crippen LogP contribution in [0.2, 0.25) is 0 Å². The van der Waals surface area contributed by atoms with Gasteiger partial charge in [0.1, 0.15) is 0 Å². The molecular formula is C12H20N4O. The number of nitrogens with zero attached hydrogens (tertiary/aromatic N) is 2. The van der Waals surface area contributed by atoms with E-state index in [1.54, 1.807) is 4.68 Å². The molecule has 94 valence electrons. The predicted octanol–water partition coefficient (Wildman–Crippen LogP) is 0.208. The lowest BCUT2D eigenvalue weighted by Gasteiger charge is -2.26. The summed E-state index contributed by atoms with van der Waals surface area (Å²) in [5, 5.41) is 10.5. The molecule has 2 N–H and O–H groups in total. The minimum atomic E-state index is 0.141. The van der Waals surface area contributed by atoms with Crippen LogP contribution in [0.15, 0.2) is 6.20 Å². The molecule has 1 fully saturated rings. The van der Waals surface area contributed by atoms with E-state index in [0.29, 0.717) is 18.9 Å². The van der Waals surface area contributed by atoms with Crippen LogP contribution in [-0.4, -0.2) is 28.8 Å². The molecule has 0 bridgehead atoms. The van der Waals surface area contributed by atoms with Gasteiger partial charge in [-0.15, -0.1) is 0 Å². The summed E-state index contributed by atoms with van der Waals surface area (Å²) >= 11 is 0. The fourth-order valence-electron chi connectivity index (χ4n) is 2.05. The number of nitrogens with one attached hydrogen (secondary N) is 2. The van der Waals surface area contributed by atoms with E-state index in [1.165, 1.54) is 0 Å². The van der Waals surface area contributed by atoms with Crippen LogP contribution in [0.4, 0.5) is 0 Å². The van der Waals surface area contributed by atoms with E-state index in [1.807, 2.05) is 13.2 Å². The summed E-state index contributed by atoms with van der Waals surface area (Å²) < 4.78 is 1.80. The molecule has 0 radical (unpaired) electrons. The molecule has 0 spiro atoms. The predicted molar refractivity (Wildman–Crippen MR) is 65.4 cm³/mol. The van der Waals surface area contributed by atoms with Gasteiger partial charge in [-0.3, -0.25) is 9.48 Å². The van der Waals surface area contributed by atoms with Gasteiger partial charge in [0.05, 0.1) is 5.69 Å². The molecule has 0 unspecified atom stereocenters. The average molecular weight is 236 g/mol. The lowest BCUT2D eigenvalue weighted by molar-refractivity contribution is -0.122. The Balaban J connectivity index is 1.81. The van der Waals surface area contributed by atoms with E-state index < -0.39 is 0 Å². The molecule has 0 aromatic carbocycles. The summed E-state index contributed by atoms with van der Waals surface area (Å²) in [5.41, 5.74) is 2.19. The second-order valence-electron chi connectivity index (χ2n) is 4.63. The summed E-state index contributed by atoms with van der Waals surface area (Å²) in [5.74, 6) is 0.664. The topological polar surface area (TPSA) is 59.0 Å².